The van der Waals surface area contributed by atoms with Crippen LogP contribution in [0.3, 0.4) is 0 Å². The Bertz CT molecular complexity index is 580. The number of ether oxygens (including phenoxy) is 1. The first-order valence-corrected chi connectivity index (χ1v) is 7.93. The van der Waals surface area contributed by atoms with Crippen molar-refractivity contribution in [1.82, 2.24) is 0 Å². The molecule has 0 aliphatic heterocycles. The number of benzene rings is 1. The summed E-state index contributed by atoms with van der Waals surface area (Å²) in [5.41, 5.74) is 0.328. The molecule has 2 aliphatic rings. The van der Waals surface area contributed by atoms with Crippen molar-refractivity contribution in [3.63, 3.8) is 0 Å². The Morgan fingerprint density at radius 2 is 2.09 bits per heavy atom. The zero-order valence-electron chi connectivity index (χ0n) is 12.6. The predicted octanol–water partition coefficient (Wildman–Crippen LogP) is 2.43. The van der Waals surface area contributed by atoms with Gasteiger partial charge < -0.3 is 9.84 Å². The summed E-state index contributed by atoms with van der Waals surface area (Å²) in [5.74, 6) is 0.755. The number of aliphatic hydroxyl groups is 1. The lowest BCUT2D eigenvalue weighted by atomic mass is 9.70. The summed E-state index contributed by atoms with van der Waals surface area (Å²) in [7, 11) is 0. The number of Topliss-reactive ketones (excluding diaryl/α,β-unsaturated/α-hetero) is 1. The van der Waals surface area contributed by atoms with Gasteiger partial charge in [-0.05, 0) is 36.7 Å². The van der Waals surface area contributed by atoms with Gasteiger partial charge in [0.15, 0.2) is 5.60 Å². The molecule has 4 atom stereocenters. The molecular weight excluding hydrogens is 278 g/mol. The maximum atomic E-state index is 12.5. The Kier molecular flexibility index (Phi) is 4.28. The summed E-state index contributed by atoms with van der Waals surface area (Å²) in [5, 5.41) is 18.4. The van der Waals surface area contributed by atoms with Crippen molar-refractivity contribution in [1.29, 1.82) is 5.26 Å². The number of fused-ring (bicyclic) bond motifs is 1. The maximum absolute atomic E-state index is 12.5. The van der Waals surface area contributed by atoms with Gasteiger partial charge >= 0.3 is 0 Å². The number of aliphatic hydroxyl groups excluding tert-OH is 1. The molecule has 0 radical (unpaired) electrons. The normalized spacial score (nSPS) is 34.2. The van der Waals surface area contributed by atoms with E-state index in [1.165, 1.54) is 5.56 Å². The Balaban J connectivity index is 1.79. The number of ketones is 1. The molecule has 2 saturated carbocycles. The highest BCUT2D eigenvalue weighted by atomic mass is 16.5. The van der Waals surface area contributed by atoms with Crippen LogP contribution in [-0.2, 0) is 9.53 Å². The minimum Gasteiger partial charge on any atom is -0.394 e. The van der Waals surface area contributed by atoms with Crippen molar-refractivity contribution in [2.45, 2.75) is 37.2 Å². The molecule has 1 N–H and O–H groups in total. The van der Waals surface area contributed by atoms with Gasteiger partial charge in [0.2, 0.25) is 0 Å². The van der Waals surface area contributed by atoms with Crippen molar-refractivity contribution in [2.24, 2.45) is 11.8 Å². The van der Waals surface area contributed by atoms with Gasteiger partial charge in [-0.3, -0.25) is 4.79 Å². The van der Waals surface area contributed by atoms with E-state index in [0.29, 0.717) is 25.2 Å². The first-order valence-electron chi connectivity index (χ1n) is 7.93. The fourth-order valence-electron chi connectivity index (χ4n) is 4.13. The van der Waals surface area contributed by atoms with Crippen molar-refractivity contribution < 1.29 is 14.6 Å². The lowest BCUT2D eigenvalue weighted by Crippen LogP contribution is -2.41. The number of carbonyl (C=O) groups is 1. The molecule has 0 amide bonds. The molecular formula is C18H21NO3. The molecule has 0 saturated heterocycles. The van der Waals surface area contributed by atoms with E-state index in [9.17, 15) is 10.1 Å². The average molecular weight is 299 g/mol. The van der Waals surface area contributed by atoms with Crippen LogP contribution in [0.1, 0.15) is 37.2 Å². The molecule has 0 aromatic heterocycles. The number of nitrogens with zero attached hydrogens (tertiary/aromatic N) is 1. The zero-order chi connectivity index (χ0) is 15.6. The monoisotopic (exact) mass is 299 g/mol. The Morgan fingerprint density at radius 3 is 2.77 bits per heavy atom. The Hall–Kier alpha value is -1.70. The molecule has 1 aromatic carbocycles. The quantitative estimate of drug-likeness (QED) is 0.927. The molecule has 116 valence electrons. The second-order valence-electron chi connectivity index (χ2n) is 6.38. The van der Waals surface area contributed by atoms with E-state index >= 15 is 0 Å². The maximum Gasteiger partial charge on any atom is 0.155 e. The standard InChI is InChI=1S/C18H21NO3/c19-12-18(22-9-8-20)7-6-14-15(10-17(21)16(14)11-18)13-4-2-1-3-5-13/h1-5,14-16,20H,6-11H2/t14-,15+,16-,18+/m0/s1. The topological polar surface area (TPSA) is 70.3 Å². The lowest BCUT2D eigenvalue weighted by Gasteiger charge is -2.38. The van der Waals surface area contributed by atoms with Crippen LogP contribution < -0.4 is 0 Å². The second-order valence-corrected chi connectivity index (χ2v) is 6.38. The van der Waals surface area contributed by atoms with Gasteiger partial charge in [0.25, 0.3) is 0 Å². The van der Waals surface area contributed by atoms with Crippen LogP contribution in [0.4, 0.5) is 0 Å². The number of hydrogen-bond donors (Lipinski definition) is 1. The van der Waals surface area contributed by atoms with E-state index in [1.807, 2.05) is 18.2 Å². The highest BCUT2D eigenvalue weighted by molar-refractivity contribution is 5.85. The summed E-state index contributed by atoms with van der Waals surface area (Å²) in [6.45, 7) is 0.0549. The molecule has 2 fully saturated rings. The van der Waals surface area contributed by atoms with Crippen LogP contribution in [0.15, 0.2) is 30.3 Å². The lowest BCUT2D eigenvalue weighted by molar-refractivity contribution is -0.126. The SMILES string of the molecule is N#C[C@@]1(OCCO)CC[C@@H]2[C@H](C1)C(=O)C[C@@H]2c1ccccc1. The third-order valence-corrected chi connectivity index (χ3v) is 5.20. The van der Waals surface area contributed by atoms with E-state index in [-0.39, 0.29) is 30.8 Å². The smallest absolute Gasteiger partial charge is 0.155 e. The minimum atomic E-state index is -0.898. The van der Waals surface area contributed by atoms with Gasteiger partial charge in [-0.2, -0.15) is 5.26 Å². The fourth-order valence-corrected chi connectivity index (χ4v) is 4.13. The van der Waals surface area contributed by atoms with Crippen molar-refractivity contribution in [3.05, 3.63) is 35.9 Å². The molecule has 1 aromatic rings. The summed E-state index contributed by atoms with van der Waals surface area (Å²) in [6.07, 6.45) is 2.51. The van der Waals surface area contributed by atoms with E-state index in [4.69, 9.17) is 9.84 Å². The second kappa shape index (κ2) is 6.20. The zero-order valence-corrected chi connectivity index (χ0v) is 12.6. The van der Waals surface area contributed by atoms with Crippen LogP contribution in [0.25, 0.3) is 0 Å². The van der Waals surface area contributed by atoms with Crippen LogP contribution in [0, 0.1) is 23.2 Å². The number of nitriles is 1. The van der Waals surface area contributed by atoms with Gasteiger partial charge in [0.1, 0.15) is 5.78 Å². The van der Waals surface area contributed by atoms with E-state index < -0.39 is 5.60 Å². The van der Waals surface area contributed by atoms with Gasteiger partial charge in [0, 0.05) is 12.3 Å². The van der Waals surface area contributed by atoms with E-state index in [2.05, 4.69) is 18.2 Å². The summed E-state index contributed by atoms with van der Waals surface area (Å²) < 4.78 is 5.60. The Labute approximate surface area is 130 Å². The van der Waals surface area contributed by atoms with Gasteiger partial charge in [0.05, 0.1) is 19.3 Å². The molecule has 0 heterocycles. The summed E-state index contributed by atoms with van der Waals surface area (Å²) in [4.78, 5) is 12.5. The van der Waals surface area contributed by atoms with Crippen LogP contribution in [0.5, 0.6) is 0 Å². The highest BCUT2D eigenvalue weighted by Crippen LogP contribution is 2.51. The molecule has 0 bridgehead atoms. The van der Waals surface area contributed by atoms with Crippen LogP contribution in [-0.4, -0.2) is 29.7 Å². The fraction of sp³-hybridized carbons (Fsp3) is 0.556. The summed E-state index contributed by atoms with van der Waals surface area (Å²) in [6, 6.07) is 12.5. The third-order valence-electron chi connectivity index (χ3n) is 5.20. The number of rotatable bonds is 4. The number of carbonyl (C=O) groups excluding carboxylic acids is 1. The third kappa shape index (κ3) is 2.67. The molecule has 2 aliphatic carbocycles. The van der Waals surface area contributed by atoms with Gasteiger partial charge in [-0.15, -0.1) is 0 Å². The molecule has 0 spiro atoms. The largest absolute Gasteiger partial charge is 0.394 e. The average Bonchev–Trinajstić information content (AvgIpc) is 2.90. The van der Waals surface area contributed by atoms with E-state index in [0.717, 1.165) is 6.42 Å². The molecule has 3 rings (SSSR count). The van der Waals surface area contributed by atoms with E-state index in [1.54, 1.807) is 0 Å². The number of hydrogen-bond acceptors (Lipinski definition) is 4. The van der Waals surface area contributed by atoms with Crippen molar-refractivity contribution in [2.75, 3.05) is 13.2 Å². The Morgan fingerprint density at radius 1 is 1.32 bits per heavy atom. The minimum absolute atomic E-state index is 0.0858. The van der Waals surface area contributed by atoms with Crippen LogP contribution in [0.2, 0.25) is 0 Å². The molecule has 22 heavy (non-hydrogen) atoms. The highest BCUT2D eigenvalue weighted by Gasteiger charge is 2.51. The summed E-state index contributed by atoms with van der Waals surface area (Å²) >= 11 is 0. The van der Waals surface area contributed by atoms with Crippen LogP contribution >= 0.6 is 0 Å². The van der Waals surface area contributed by atoms with Crippen molar-refractivity contribution >= 4 is 5.78 Å². The molecule has 4 nitrogen and oxygen atoms in total. The van der Waals surface area contributed by atoms with Crippen molar-refractivity contribution in [3.8, 4) is 6.07 Å². The first kappa shape index (κ1) is 15.2. The first-order chi connectivity index (χ1) is 10.7. The predicted molar refractivity (Wildman–Crippen MR) is 81.0 cm³/mol. The van der Waals surface area contributed by atoms with Gasteiger partial charge in [-0.1, -0.05) is 30.3 Å². The van der Waals surface area contributed by atoms with Gasteiger partial charge in [-0.25, -0.2) is 0 Å². The molecule has 4 heteroatoms. The molecule has 0 unspecified atom stereocenters.